The third-order valence-corrected chi connectivity index (χ3v) is 10.5. The molecule has 8 nitrogen and oxygen atoms in total. The summed E-state index contributed by atoms with van der Waals surface area (Å²) < 4.78 is 54.5. The van der Waals surface area contributed by atoms with Gasteiger partial charge in [0.05, 0.1) is 5.75 Å². The number of hydrogen-bond donors (Lipinski definition) is 2. The Kier molecular flexibility index (Phi) is 8.85. The summed E-state index contributed by atoms with van der Waals surface area (Å²) in [6, 6.07) is -0.203. The topological polar surface area (TPSA) is 107 Å². The molecule has 0 spiro atoms. The molecule has 1 heterocycles. The molecular formula is C26H43F2N3O5S. The molecule has 2 atom stereocenters. The highest BCUT2D eigenvalue weighted by molar-refractivity contribution is 7.89. The van der Waals surface area contributed by atoms with Crippen molar-refractivity contribution in [2.24, 2.45) is 17.8 Å². The van der Waals surface area contributed by atoms with E-state index < -0.39 is 33.7 Å². The van der Waals surface area contributed by atoms with Crippen LogP contribution in [0.3, 0.4) is 0 Å². The Bertz CT molecular complexity index is 926. The Balaban J connectivity index is 1.19. The molecule has 0 aromatic carbocycles. The number of hydrogen-bond acceptors (Lipinski definition) is 5. The largest absolute Gasteiger partial charge is 0.380 e. The molecule has 4 aliphatic rings. The quantitative estimate of drug-likeness (QED) is 0.462. The number of rotatable bonds is 9. The van der Waals surface area contributed by atoms with Crippen LogP contribution in [0.5, 0.6) is 0 Å². The number of piperazine rings is 1. The van der Waals surface area contributed by atoms with Gasteiger partial charge in [-0.05, 0) is 63.2 Å². The molecular weight excluding hydrogens is 504 g/mol. The van der Waals surface area contributed by atoms with E-state index in [0.717, 1.165) is 51.4 Å². The Morgan fingerprint density at radius 3 is 2.19 bits per heavy atom. The SMILES string of the molecule is CCC(F)(F)CCS(=O)(=O)NC1CCCC(C2CCC(C(=O)N3CCN(C(=O)C4(O)CC4)CC3)CC2)C1. The standard InChI is InChI=1S/C26H43F2N3O5S/c1-2-26(27,28)12-17-37(35,36)29-22-5-3-4-21(18-22)19-6-8-20(9-7-19)23(32)30-13-15-31(16-14-30)24(33)25(34)10-11-25/h19-22,29,34H,2-18H2,1H3. The van der Waals surface area contributed by atoms with Gasteiger partial charge in [-0.15, -0.1) is 0 Å². The Morgan fingerprint density at radius 1 is 0.973 bits per heavy atom. The van der Waals surface area contributed by atoms with E-state index in [4.69, 9.17) is 0 Å². The van der Waals surface area contributed by atoms with Gasteiger partial charge in [-0.2, -0.15) is 0 Å². The van der Waals surface area contributed by atoms with Crippen molar-refractivity contribution in [1.29, 1.82) is 0 Å². The minimum atomic E-state index is -3.74. The predicted octanol–water partition coefficient (Wildman–Crippen LogP) is 2.90. The first kappa shape index (κ1) is 28.7. The number of alkyl halides is 2. The summed E-state index contributed by atoms with van der Waals surface area (Å²) in [6.07, 6.45) is 6.98. The zero-order valence-corrected chi connectivity index (χ0v) is 22.8. The summed E-state index contributed by atoms with van der Waals surface area (Å²) >= 11 is 0. The lowest BCUT2D eigenvalue weighted by atomic mass is 9.70. The van der Waals surface area contributed by atoms with Crippen molar-refractivity contribution in [2.45, 2.75) is 102 Å². The average molecular weight is 548 g/mol. The second kappa shape index (κ2) is 11.4. The van der Waals surface area contributed by atoms with Crippen molar-refractivity contribution in [2.75, 3.05) is 31.9 Å². The van der Waals surface area contributed by atoms with Gasteiger partial charge in [0.15, 0.2) is 0 Å². The van der Waals surface area contributed by atoms with E-state index >= 15 is 0 Å². The molecule has 0 radical (unpaired) electrons. The molecule has 11 heteroatoms. The third-order valence-electron chi connectivity index (χ3n) is 9.10. The minimum Gasteiger partial charge on any atom is -0.380 e. The fraction of sp³-hybridized carbons (Fsp3) is 0.923. The van der Waals surface area contributed by atoms with Crippen LogP contribution in [0, 0.1) is 17.8 Å². The van der Waals surface area contributed by atoms with E-state index in [1.165, 1.54) is 6.92 Å². The smallest absolute Gasteiger partial charge is 0.254 e. The highest BCUT2D eigenvalue weighted by Crippen LogP contribution is 2.41. The maximum Gasteiger partial charge on any atom is 0.254 e. The molecule has 2 N–H and O–H groups in total. The monoisotopic (exact) mass is 547 g/mol. The number of carbonyl (C=O) groups excluding carboxylic acids is 2. The van der Waals surface area contributed by atoms with Crippen molar-refractivity contribution in [1.82, 2.24) is 14.5 Å². The van der Waals surface area contributed by atoms with Crippen LogP contribution in [-0.2, 0) is 19.6 Å². The van der Waals surface area contributed by atoms with Crippen LogP contribution in [0.25, 0.3) is 0 Å². The summed E-state index contributed by atoms with van der Waals surface area (Å²) in [5.41, 5.74) is -1.16. The van der Waals surface area contributed by atoms with Crippen LogP contribution in [0.2, 0.25) is 0 Å². The summed E-state index contributed by atoms with van der Waals surface area (Å²) in [7, 11) is -3.74. The Labute approximate surface area is 219 Å². The number of sulfonamides is 1. The second-order valence-corrected chi connectivity index (χ2v) is 13.7. The van der Waals surface area contributed by atoms with Crippen LogP contribution >= 0.6 is 0 Å². The van der Waals surface area contributed by atoms with Gasteiger partial charge in [-0.1, -0.05) is 19.8 Å². The molecule has 0 aromatic heterocycles. The number of nitrogens with zero attached hydrogens (tertiary/aromatic N) is 2. The number of nitrogens with one attached hydrogen (secondary N) is 1. The molecule has 0 aromatic rings. The lowest BCUT2D eigenvalue weighted by Gasteiger charge is -2.40. The van der Waals surface area contributed by atoms with Crippen molar-refractivity contribution in [3.63, 3.8) is 0 Å². The van der Waals surface area contributed by atoms with Gasteiger partial charge in [0, 0.05) is 51.0 Å². The third kappa shape index (κ3) is 7.41. The first-order valence-corrected chi connectivity index (χ1v) is 15.7. The maximum atomic E-state index is 13.5. The van der Waals surface area contributed by atoms with Gasteiger partial charge >= 0.3 is 0 Å². The van der Waals surface area contributed by atoms with Crippen molar-refractivity contribution >= 4 is 21.8 Å². The molecule has 1 saturated heterocycles. The summed E-state index contributed by atoms with van der Waals surface area (Å²) in [4.78, 5) is 29.0. The number of carbonyl (C=O) groups is 2. The lowest BCUT2D eigenvalue weighted by Crippen LogP contribution is -2.54. The molecule has 4 rings (SSSR count). The first-order valence-electron chi connectivity index (χ1n) is 14.1. The highest BCUT2D eigenvalue weighted by Gasteiger charge is 2.50. The van der Waals surface area contributed by atoms with Gasteiger partial charge in [0.2, 0.25) is 21.9 Å². The van der Waals surface area contributed by atoms with Crippen molar-refractivity contribution in [3.8, 4) is 0 Å². The molecule has 4 fully saturated rings. The number of amides is 2. The predicted molar refractivity (Wildman–Crippen MR) is 135 cm³/mol. The van der Waals surface area contributed by atoms with Crippen LogP contribution in [-0.4, -0.2) is 84.6 Å². The number of halogens is 2. The molecule has 2 amide bonds. The molecule has 2 unspecified atom stereocenters. The van der Waals surface area contributed by atoms with E-state index in [0.29, 0.717) is 50.9 Å². The molecule has 0 bridgehead atoms. The molecule has 1 aliphatic heterocycles. The van der Waals surface area contributed by atoms with Crippen LogP contribution in [0.4, 0.5) is 8.78 Å². The lowest BCUT2D eigenvalue weighted by molar-refractivity contribution is -0.148. The van der Waals surface area contributed by atoms with Crippen molar-refractivity contribution < 1.29 is 31.9 Å². The maximum absolute atomic E-state index is 13.5. The van der Waals surface area contributed by atoms with Gasteiger partial charge in [0.1, 0.15) is 5.60 Å². The van der Waals surface area contributed by atoms with Gasteiger partial charge in [-0.25, -0.2) is 21.9 Å². The van der Waals surface area contributed by atoms with Crippen molar-refractivity contribution in [3.05, 3.63) is 0 Å². The zero-order valence-electron chi connectivity index (χ0n) is 22.0. The zero-order chi connectivity index (χ0) is 26.8. The van der Waals surface area contributed by atoms with Crippen LogP contribution in [0.15, 0.2) is 0 Å². The Morgan fingerprint density at radius 2 is 1.59 bits per heavy atom. The van der Waals surface area contributed by atoms with E-state index in [2.05, 4.69) is 4.72 Å². The highest BCUT2D eigenvalue weighted by atomic mass is 32.2. The van der Waals surface area contributed by atoms with Gasteiger partial charge in [-0.3, -0.25) is 9.59 Å². The normalized spacial score (nSPS) is 30.7. The van der Waals surface area contributed by atoms with E-state index in [1.807, 2.05) is 4.90 Å². The minimum absolute atomic E-state index is 0.00996. The van der Waals surface area contributed by atoms with Gasteiger partial charge in [0.25, 0.3) is 5.91 Å². The molecule has 212 valence electrons. The fourth-order valence-electron chi connectivity index (χ4n) is 6.39. The van der Waals surface area contributed by atoms with E-state index in [1.54, 1.807) is 4.90 Å². The molecule has 3 aliphatic carbocycles. The molecule has 3 saturated carbocycles. The van der Waals surface area contributed by atoms with E-state index in [9.17, 15) is 31.9 Å². The number of aliphatic hydroxyl groups is 1. The molecule has 37 heavy (non-hydrogen) atoms. The van der Waals surface area contributed by atoms with Crippen LogP contribution in [0.1, 0.15) is 84.0 Å². The van der Waals surface area contributed by atoms with E-state index in [-0.39, 0.29) is 30.2 Å². The van der Waals surface area contributed by atoms with Crippen LogP contribution < -0.4 is 4.72 Å². The average Bonchev–Trinajstić information content (AvgIpc) is 3.65. The Hall–Kier alpha value is -1.33. The first-order chi connectivity index (χ1) is 17.4. The van der Waals surface area contributed by atoms with Gasteiger partial charge < -0.3 is 14.9 Å². The summed E-state index contributed by atoms with van der Waals surface area (Å²) in [6.45, 7) is 3.32. The summed E-state index contributed by atoms with van der Waals surface area (Å²) in [5.74, 6) is -2.72. The summed E-state index contributed by atoms with van der Waals surface area (Å²) in [5, 5.41) is 10.1. The fourth-order valence-corrected chi connectivity index (χ4v) is 7.80. The second-order valence-electron chi connectivity index (χ2n) is 11.8.